The Labute approximate surface area is 49.9 Å². The van der Waals surface area contributed by atoms with Gasteiger partial charge in [0.1, 0.15) is 0 Å². The number of hydrogen-bond donors (Lipinski definition) is 0. The lowest BCUT2D eigenvalue weighted by Gasteiger charge is -1.79. The summed E-state index contributed by atoms with van der Waals surface area (Å²) in [5, 5.41) is 0. The van der Waals surface area contributed by atoms with E-state index >= 15 is 0 Å². The van der Waals surface area contributed by atoms with Gasteiger partial charge < -0.3 is 0 Å². The fraction of sp³-hybridized carbons (Fsp3) is 1.00. The zero-order valence-corrected chi connectivity index (χ0v) is 6.85. The van der Waals surface area contributed by atoms with Crippen LogP contribution in [-0.4, -0.2) is 6.66 Å². The first-order valence-corrected chi connectivity index (χ1v) is 4.15. The molecule has 0 saturated heterocycles. The van der Waals surface area contributed by atoms with Gasteiger partial charge in [-0.15, -0.1) is 9.24 Å². The van der Waals surface area contributed by atoms with Gasteiger partial charge in [0, 0.05) is 0 Å². The molecule has 7 heavy (non-hydrogen) atoms. The van der Waals surface area contributed by atoms with E-state index < -0.39 is 0 Å². The lowest BCUT2D eigenvalue weighted by molar-refractivity contribution is 0.772. The van der Waals surface area contributed by atoms with Gasteiger partial charge in [-0.05, 0) is 0 Å². The van der Waals surface area contributed by atoms with Crippen LogP contribution in [0, 0.1) is 0 Å². The molecule has 0 aliphatic carbocycles. The average molecular weight is 120 g/mol. The first kappa shape index (κ1) is 10.4. The third kappa shape index (κ3) is 21.4. The van der Waals surface area contributed by atoms with E-state index in [4.69, 9.17) is 0 Å². The van der Waals surface area contributed by atoms with Crippen molar-refractivity contribution < 1.29 is 0 Å². The van der Waals surface area contributed by atoms with E-state index in [0.29, 0.717) is 0 Å². The van der Waals surface area contributed by atoms with Crippen LogP contribution in [0.2, 0.25) is 0 Å². The Morgan fingerprint density at radius 1 is 1.00 bits per heavy atom. The Balaban J connectivity index is 0. The molecular formula is C6H17P. The largest absolute Gasteiger partial charge is 0.141 e. The third-order valence-corrected chi connectivity index (χ3v) is 0.707. The summed E-state index contributed by atoms with van der Waals surface area (Å²) in [4.78, 5) is 0. The molecule has 1 heteroatoms. The molecule has 0 aliphatic rings. The van der Waals surface area contributed by atoms with Crippen LogP contribution < -0.4 is 0 Å². The van der Waals surface area contributed by atoms with Gasteiger partial charge in [0.2, 0.25) is 0 Å². The first-order valence-electron chi connectivity index (χ1n) is 2.99. The number of hydrogen-bond acceptors (Lipinski definition) is 0. The number of unbranched alkanes of at least 4 members (excludes halogenated alkanes) is 2. The van der Waals surface area contributed by atoms with Crippen LogP contribution in [0.1, 0.15) is 33.1 Å². The van der Waals surface area contributed by atoms with Gasteiger partial charge in [-0.25, -0.2) is 0 Å². The van der Waals surface area contributed by atoms with Gasteiger partial charge in [-0.3, -0.25) is 0 Å². The molecule has 0 spiro atoms. The highest BCUT2D eigenvalue weighted by Gasteiger charge is 1.68. The van der Waals surface area contributed by atoms with Crippen molar-refractivity contribution >= 4 is 9.24 Å². The zero-order valence-electron chi connectivity index (χ0n) is 5.70. The molecule has 0 aliphatic heterocycles. The molecule has 0 N–H and O–H groups in total. The molecule has 1 atom stereocenters. The molecule has 0 heterocycles. The molecule has 0 bridgehead atoms. The maximum Gasteiger partial charge on any atom is -0.0500 e. The minimum Gasteiger partial charge on any atom is -0.141 e. The molecule has 0 radical (unpaired) electrons. The third-order valence-electron chi connectivity index (χ3n) is 0.707. The highest BCUT2D eigenvalue weighted by Crippen LogP contribution is 1.88. The van der Waals surface area contributed by atoms with Gasteiger partial charge in [0.25, 0.3) is 0 Å². The Kier molecular flexibility index (Phi) is 24.0. The first-order chi connectivity index (χ1) is 3.41. The molecule has 0 fully saturated rings. The molecule has 0 nitrogen and oxygen atoms in total. The predicted octanol–water partition coefficient (Wildman–Crippen LogP) is 2.69. The summed E-state index contributed by atoms with van der Waals surface area (Å²) in [5.74, 6) is 0. The van der Waals surface area contributed by atoms with Crippen LogP contribution in [0.3, 0.4) is 0 Å². The van der Waals surface area contributed by atoms with Gasteiger partial charge in [-0.1, -0.05) is 39.8 Å². The van der Waals surface area contributed by atoms with E-state index in [0.717, 1.165) is 0 Å². The normalized spacial score (nSPS) is 6.86. The minimum absolute atomic E-state index is 1.34. The van der Waals surface area contributed by atoms with Gasteiger partial charge in [0.05, 0.1) is 0 Å². The van der Waals surface area contributed by atoms with Crippen molar-refractivity contribution in [3.63, 3.8) is 0 Å². The van der Waals surface area contributed by atoms with Crippen LogP contribution in [0.5, 0.6) is 0 Å². The van der Waals surface area contributed by atoms with E-state index in [2.05, 4.69) is 23.1 Å². The van der Waals surface area contributed by atoms with Crippen LogP contribution in [0.25, 0.3) is 0 Å². The van der Waals surface area contributed by atoms with Crippen molar-refractivity contribution in [2.45, 2.75) is 33.1 Å². The average Bonchev–Trinajstić information content (AvgIpc) is 1.75. The van der Waals surface area contributed by atoms with Crippen LogP contribution in [0.4, 0.5) is 0 Å². The molecule has 0 aromatic carbocycles. The van der Waals surface area contributed by atoms with Crippen LogP contribution in [-0.2, 0) is 0 Å². The van der Waals surface area contributed by atoms with Gasteiger partial charge in [0.15, 0.2) is 0 Å². The zero-order chi connectivity index (χ0) is 6.12. The molecule has 0 aromatic heterocycles. The summed E-state index contributed by atoms with van der Waals surface area (Å²) in [7, 11) is 2.42. The van der Waals surface area contributed by atoms with E-state index in [-0.39, 0.29) is 0 Å². The Morgan fingerprint density at radius 3 is 1.29 bits per heavy atom. The summed E-state index contributed by atoms with van der Waals surface area (Å²) in [5.41, 5.74) is 0. The topological polar surface area (TPSA) is 0 Å². The second-order valence-corrected chi connectivity index (χ2v) is 1.35. The second-order valence-electron chi connectivity index (χ2n) is 1.35. The summed E-state index contributed by atoms with van der Waals surface area (Å²) in [6.45, 7) is 6.34. The Morgan fingerprint density at radius 2 is 1.29 bits per heavy atom. The lowest BCUT2D eigenvalue weighted by Crippen LogP contribution is -1.59. The van der Waals surface area contributed by atoms with Gasteiger partial charge in [-0.2, -0.15) is 0 Å². The molecule has 1 unspecified atom stereocenters. The summed E-state index contributed by atoms with van der Waals surface area (Å²) >= 11 is 0. The van der Waals surface area contributed by atoms with Gasteiger partial charge >= 0.3 is 0 Å². The monoisotopic (exact) mass is 120 g/mol. The number of rotatable bonds is 2. The highest BCUT2D eigenvalue weighted by atomic mass is 31.0. The molecule has 0 amide bonds. The molecule has 0 saturated carbocycles. The predicted molar refractivity (Wildman–Crippen MR) is 40.8 cm³/mol. The standard InChI is InChI=1S/C5H12.CH5P/c1-3-5-4-2;1-2/h3-5H2,1-2H3;2H2,1H3. The van der Waals surface area contributed by atoms with Crippen molar-refractivity contribution in [1.82, 2.24) is 0 Å². The highest BCUT2D eigenvalue weighted by molar-refractivity contribution is 7.15. The van der Waals surface area contributed by atoms with E-state index in [1.165, 1.54) is 19.3 Å². The van der Waals surface area contributed by atoms with Crippen molar-refractivity contribution in [2.75, 3.05) is 6.66 Å². The van der Waals surface area contributed by atoms with Crippen LogP contribution in [0.15, 0.2) is 0 Å². The van der Waals surface area contributed by atoms with Crippen LogP contribution >= 0.6 is 9.24 Å². The fourth-order valence-corrected chi connectivity index (χ4v) is 0.354. The minimum atomic E-state index is 1.34. The lowest BCUT2D eigenvalue weighted by atomic mass is 10.3. The quantitative estimate of drug-likeness (QED) is 0.491. The maximum absolute atomic E-state index is 2.42. The van der Waals surface area contributed by atoms with E-state index in [1.54, 1.807) is 0 Å². The maximum atomic E-state index is 2.42. The SMILES string of the molecule is CCCCC.CP. The fourth-order valence-electron chi connectivity index (χ4n) is 0.354. The Hall–Kier alpha value is 0.430. The Bertz CT molecular complexity index is 11.7. The van der Waals surface area contributed by atoms with E-state index in [9.17, 15) is 0 Å². The van der Waals surface area contributed by atoms with Crippen molar-refractivity contribution in [1.29, 1.82) is 0 Å². The van der Waals surface area contributed by atoms with E-state index in [1.807, 2.05) is 6.66 Å². The molecular weight excluding hydrogens is 103 g/mol. The second kappa shape index (κ2) is 16.1. The molecule has 0 rings (SSSR count). The van der Waals surface area contributed by atoms with Crippen molar-refractivity contribution in [3.8, 4) is 0 Å². The summed E-state index contributed by atoms with van der Waals surface area (Å²) < 4.78 is 0. The smallest absolute Gasteiger partial charge is 0.0500 e. The molecule has 0 aromatic rings. The van der Waals surface area contributed by atoms with Crippen molar-refractivity contribution in [3.05, 3.63) is 0 Å². The molecule has 46 valence electrons. The summed E-state index contributed by atoms with van der Waals surface area (Å²) in [6.07, 6.45) is 4.08. The van der Waals surface area contributed by atoms with Crippen molar-refractivity contribution in [2.24, 2.45) is 0 Å². The summed E-state index contributed by atoms with van der Waals surface area (Å²) in [6, 6.07) is 0.